The molecular weight excluding hydrogens is 181 g/mol. The quantitative estimate of drug-likeness (QED) is 0.599. The molecule has 8 heteroatoms. The number of nitrogens with two attached hydrogens (primary N) is 1. The van der Waals surface area contributed by atoms with E-state index in [4.69, 9.17) is 0 Å². The molecule has 0 bridgehead atoms. The number of halogens is 5. The van der Waals surface area contributed by atoms with Crippen LogP contribution in [0.25, 0.3) is 0 Å². The first-order chi connectivity index (χ1) is 4.19. The maximum Gasteiger partial charge on any atom is 0.468 e. The lowest BCUT2D eigenvalue weighted by Crippen LogP contribution is -2.43. The predicted molar refractivity (Wildman–Crippen MR) is 23.3 cm³/mol. The van der Waals surface area contributed by atoms with E-state index in [1.165, 1.54) is 0 Å². The van der Waals surface area contributed by atoms with Gasteiger partial charge in [-0.2, -0.15) is 22.0 Å². The van der Waals surface area contributed by atoms with Crippen molar-refractivity contribution in [3.05, 3.63) is 0 Å². The van der Waals surface area contributed by atoms with Gasteiger partial charge in [0.2, 0.25) is 0 Å². The molecule has 0 unspecified atom stereocenters. The van der Waals surface area contributed by atoms with Gasteiger partial charge in [-0.05, 0) is 0 Å². The molecule has 0 saturated carbocycles. The van der Waals surface area contributed by atoms with E-state index >= 15 is 0 Å². The van der Waals surface area contributed by atoms with Crippen LogP contribution < -0.4 is 5.14 Å². The van der Waals surface area contributed by atoms with Crippen molar-refractivity contribution in [1.82, 2.24) is 0 Å². The smallest absolute Gasteiger partial charge is 0.246 e. The average Bonchev–Trinajstić information content (AvgIpc) is 1.62. The summed E-state index contributed by atoms with van der Waals surface area (Å²) in [7, 11) is -3.70. The summed E-state index contributed by atoms with van der Waals surface area (Å²) in [6, 6.07) is 0. The predicted octanol–water partition coefficient (Wildman–Crippen LogP) is 0.764. The highest BCUT2D eigenvalue weighted by Gasteiger charge is 2.61. The standard InChI is InChI=1S/C2H2F5NOS/c3-1(4,5)2(6,7)10(8)9/h8H2/t10-/m0/s1. The van der Waals surface area contributed by atoms with Gasteiger partial charge in [-0.15, -0.1) is 0 Å². The molecule has 0 radical (unpaired) electrons. The molecule has 0 spiro atoms. The van der Waals surface area contributed by atoms with E-state index in [2.05, 4.69) is 5.14 Å². The van der Waals surface area contributed by atoms with Gasteiger partial charge >= 0.3 is 11.4 Å². The van der Waals surface area contributed by atoms with Gasteiger partial charge in [0.05, 0.1) is 0 Å². The summed E-state index contributed by atoms with van der Waals surface area (Å²) in [5.41, 5.74) is 0. The Balaban J connectivity index is 4.57. The first-order valence-corrected chi connectivity index (χ1v) is 3.01. The van der Waals surface area contributed by atoms with Gasteiger partial charge in [0.1, 0.15) is 0 Å². The SMILES string of the molecule is N[S@@](=O)C(F)(F)C(F)(F)F. The Hall–Kier alpha value is -0.240. The van der Waals surface area contributed by atoms with Gasteiger partial charge in [-0.25, -0.2) is 9.35 Å². The normalized spacial score (nSPS) is 17.0. The topological polar surface area (TPSA) is 43.1 Å². The number of hydrogen-bond acceptors (Lipinski definition) is 1. The van der Waals surface area contributed by atoms with Crippen LogP contribution in [0, 0.1) is 0 Å². The van der Waals surface area contributed by atoms with E-state index in [0.29, 0.717) is 0 Å². The third-order valence-electron chi connectivity index (χ3n) is 0.583. The molecule has 0 fully saturated rings. The summed E-state index contributed by atoms with van der Waals surface area (Å²) in [5, 5.41) is -1.45. The molecule has 0 aliphatic heterocycles. The molecule has 2 nitrogen and oxygen atoms in total. The van der Waals surface area contributed by atoms with Crippen LogP contribution in [0.4, 0.5) is 22.0 Å². The van der Waals surface area contributed by atoms with Crippen LogP contribution in [0.15, 0.2) is 0 Å². The lowest BCUT2D eigenvalue weighted by Gasteiger charge is -2.15. The van der Waals surface area contributed by atoms with E-state index in [-0.39, 0.29) is 0 Å². The van der Waals surface area contributed by atoms with E-state index in [9.17, 15) is 26.2 Å². The van der Waals surface area contributed by atoms with Crippen molar-refractivity contribution in [2.75, 3.05) is 0 Å². The van der Waals surface area contributed by atoms with E-state index in [1.54, 1.807) is 0 Å². The molecule has 0 aliphatic carbocycles. The Bertz CT molecular complexity index is 152. The number of rotatable bonds is 1. The summed E-state index contributed by atoms with van der Waals surface area (Å²) in [4.78, 5) is 0. The molecule has 0 amide bonds. The van der Waals surface area contributed by atoms with Crippen LogP contribution in [0.2, 0.25) is 0 Å². The summed E-state index contributed by atoms with van der Waals surface area (Å²) in [6.07, 6.45) is -5.84. The van der Waals surface area contributed by atoms with E-state index in [1.807, 2.05) is 0 Å². The molecule has 62 valence electrons. The molecule has 1 atom stereocenters. The van der Waals surface area contributed by atoms with Crippen LogP contribution in [-0.4, -0.2) is 15.6 Å². The Morgan fingerprint density at radius 3 is 1.40 bits per heavy atom. The molecular formula is C2H2F5NOS. The highest BCUT2D eigenvalue weighted by atomic mass is 32.2. The Labute approximate surface area is 54.8 Å². The van der Waals surface area contributed by atoms with Crippen LogP contribution in [0.1, 0.15) is 0 Å². The zero-order chi connectivity index (χ0) is 8.58. The molecule has 0 aromatic carbocycles. The third kappa shape index (κ3) is 1.63. The fourth-order valence-electron chi connectivity index (χ4n) is 0.114. The minimum atomic E-state index is -5.84. The summed E-state index contributed by atoms with van der Waals surface area (Å²) in [6.45, 7) is 0. The molecule has 0 aliphatic rings. The lowest BCUT2D eigenvalue weighted by molar-refractivity contribution is -0.239. The Morgan fingerprint density at radius 2 is 1.40 bits per heavy atom. The van der Waals surface area contributed by atoms with Gasteiger partial charge in [-0.1, -0.05) is 0 Å². The monoisotopic (exact) mass is 183 g/mol. The van der Waals surface area contributed by atoms with Crippen molar-refractivity contribution < 1.29 is 26.2 Å². The molecule has 2 N–H and O–H groups in total. The van der Waals surface area contributed by atoms with Gasteiger partial charge < -0.3 is 0 Å². The second kappa shape index (κ2) is 2.42. The fourth-order valence-corrected chi connectivity index (χ4v) is 0.342. The summed E-state index contributed by atoms with van der Waals surface area (Å²) >= 11 is 0. The molecule has 0 heterocycles. The van der Waals surface area contributed by atoms with Gasteiger partial charge in [0, 0.05) is 0 Å². The summed E-state index contributed by atoms with van der Waals surface area (Å²) in [5.74, 6) is 0. The van der Waals surface area contributed by atoms with Gasteiger partial charge in [-0.3, -0.25) is 0 Å². The summed E-state index contributed by atoms with van der Waals surface area (Å²) < 4.78 is 65.7. The van der Waals surface area contributed by atoms with Crippen molar-refractivity contribution in [3.8, 4) is 0 Å². The van der Waals surface area contributed by atoms with E-state index in [0.717, 1.165) is 0 Å². The van der Waals surface area contributed by atoms with Crippen LogP contribution in [-0.2, 0) is 11.0 Å². The number of alkyl halides is 5. The molecule has 0 saturated heterocycles. The van der Waals surface area contributed by atoms with Crippen molar-refractivity contribution in [2.24, 2.45) is 5.14 Å². The van der Waals surface area contributed by atoms with Gasteiger partial charge in [0.25, 0.3) is 0 Å². The molecule has 0 aromatic heterocycles. The first kappa shape index (κ1) is 9.76. The third-order valence-corrected chi connectivity index (χ3v) is 1.32. The average molecular weight is 183 g/mol. The highest BCUT2D eigenvalue weighted by Crippen LogP contribution is 2.36. The zero-order valence-corrected chi connectivity index (χ0v) is 5.10. The van der Waals surface area contributed by atoms with Gasteiger partial charge in [0.15, 0.2) is 11.0 Å². The Kier molecular flexibility index (Phi) is 2.36. The minimum absolute atomic E-state index is 3.70. The molecule has 0 rings (SSSR count). The molecule has 0 aromatic rings. The first-order valence-electron chi connectivity index (χ1n) is 1.80. The number of hydrogen-bond donors (Lipinski definition) is 1. The zero-order valence-electron chi connectivity index (χ0n) is 4.28. The Morgan fingerprint density at radius 1 is 1.10 bits per heavy atom. The molecule has 10 heavy (non-hydrogen) atoms. The van der Waals surface area contributed by atoms with Crippen LogP contribution in [0.5, 0.6) is 0 Å². The minimum Gasteiger partial charge on any atom is -0.246 e. The maximum absolute atomic E-state index is 11.5. The van der Waals surface area contributed by atoms with Crippen molar-refractivity contribution >= 4 is 11.0 Å². The van der Waals surface area contributed by atoms with Crippen LogP contribution >= 0.6 is 0 Å². The highest BCUT2D eigenvalue weighted by molar-refractivity contribution is 7.83. The van der Waals surface area contributed by atoms with Crippen LogP contribution in [0.3, 0.4) is 0 Å². The second-order valence-electron chi connectivity index (χ2n) is 1.31. The van der Waals surface area contributed by atoms with Crippen molar-refractivity contribution in [3.63, 3.8) is 0 Å². The largest absolute Gasteiger partial charge is 0.468 e. The van der Waals surface area contributed by atoms with E-state index < -0.39 is 22.4 Å². The maximum atomic E-state index is 11.5. The lowest BCUT2D eigenvalue weighted by atomic mass is 10.7. The second-order valence-corrected chi connectivity index (χ2v) is 2.42. The van der Waals surface area contributed by atoms with Crippen molar-refractivity contribution in [2.45, 2.75) is 11.4 Å². The van der Waals surface area contributed by atoms with Crippen molar-refractivity contribution in [1.29, 1.82) is 0 Å². The fraction of sp³-hybridized carbons (Fsp3) is 1.00.